The Labute approximate surface area is 199 Å². The Bertz CT molecular complexity index is 452. The van der Waals surface area contributed by atoms with Gasteiger partial charge in [-0.25, -0.2) is 0 Å². The number of aliphatic carboxylic acids is 3. The van der Waals surface area contributed by atoms with Crippen LogP contribution >= 0.6 is 0 Å². The Balaban J connectivity index is 0.00000784. The molecule has 0 unspecified atom stereocenters. The van der Waals surface area contributed by atoms with Crippen LogP contribution in [0.25, 0.3) is 0 Å². The summed E-state index contributed by atoms with van der Waals surface area (Å²) < 4.78 is 0. The summed E-state index contributed by atoms with van der Waals surface area (Å²) in [5.74, 6) is -2.95. The molecule has 1 heterocycles. The fourth-order valence-electron chi connectivity index (χ4n) is 3.10. The van der Waals surface area contributed by atoms with Gasteiger partial charge in [0.05, 0.1) is 26.2 Å². The Morgan fingerprint density at radius 2 is 0.759 bits per heavy atom. The molecular weight excluding hydrogens is 547 g/mol. The monoisotopic (exact) mass is 577 g/mol. The summed E-state index contributed by atoms with van der Waals surface area (Å²) in [5.41, 5.74) is 0. The van der Waals surface area contributed by atoms with Gasteiger partial charge in [0.2, 0.25) is 0 Å². The minimum absolute atomic E-state index is 0. The molecule has 0 aromatic heterocycles. The summed E-state index contributed by atoms with van der Waals surface area (Å²) in [6.45, 7) is 4.37. The summed E-state index contributed by atoms with van der Waals surface area (Å²) in [6, 6.07) is 0. The first-order valence-corrected chi connectivity index (χ1v) is 9.20. The van der Waals surface area contributed by atoms with Gasteiger partial charge in [-0.05, 0) is 6.92 Å². The van der Waals surface area contributed by atoms with Crippen molar-refractivity contribution < 1.29 is 71.4 Å². The molecule has 1 aliphatic heterocycles. The Kier molecular flexibility index (Phi) is 14.6. The van der Waals surface area contributed by atoms with E-state index in [1.807, 2.05) is 4.90 Å². The zero-order valence-electron chi connectivity index (χ0n) is 16.5. The number of carbonyl (C=O) groups excluding carboxylic acids is 1. The number of Topliss-reactive ketones (excluding diaryl/α,β-unsaturated/α-hetero) is 1. The van der Waals surface area contributed by atoms with E-state index in [0.29, 0.717) is 52.4 Å². The second-order valence-electron chi connectivity index (χ2n) is 6.99. The molecule has 3 N–H and O–H groups in total. The number of rotatable bonds is 8. The van der Waals surface area contributed by atoms with E-state index >= 15 is 0 Å². The molecule has 11 nitrogen and oxygen atoms in total. The Morgan fingerprint density at radius 1 is 0.552 bits per heavy atom. The number of nitrogens with zero attached hydrogens (tertiary/aromatic N) is 4. The molecule has 0 saturated carbocycles. The molecule has 0 aromatic rings. The van der Waals surface area contributed by atoms with E-state index < -0.39 is 17.9 Å². The van der Waals surface area contributed by atoms with Crippen LogP contribution in [0.1, 0.15) is 6.92 Å². The van der Waals surface area contributed by atoms with Crippen LogP contribution in [0.3, 0.4) is 0 Å². The van der Waals surface area contributed by atoms with Gasteiger partial charge in [-0.3, -0.25) is 38.8 Å². The summed E-state index contributed by atoms with van der Waals surface area (Å²) in [4.78, 5) is 51.9. The molecule has 175 valence electrons. The van der Waals surface area contributed by atoms with Gasteiger partial charge in [0.1, 0.15) is 5.78 Å². The maximum Gasteiger partial charge on any atom is 0.317 e. The zero-order valence-corrected chi connectivity index (χ0v) is 18.2. The average molecular weight is 577 g/mol. The van der Waals surface area contributed by atoms with Crippen molar-refractivity contribution in [2.75, 3.05) is 78.5 Å². The minimum Gasteiger partial charge on any atom is -0.480 e. The van der Waals surface area contributed by atoms with Gasteiger partial charge in [0.25, 0.3) is 0 Å². The SMILES string of the molecule is CC(=O)CN1CCN(CC(=O)O)CCN(CC(=O)O)CCN(CC(=O)O)CC1.[Lu]. The standard InChI is InChI=1S/C17H30N4O7.Lu/c1-14(22)10-18-2-4-19(11-15(23)24)6-8-21(13-17(27)28)9-7-20(5-3-18)12-16(25)26;/h2-13H2,1H3,(H,23,24)(H,25,26)(H,27,28);. The van der Waals surface area contributed by atoms with Crippen molar-refractivity contribution in [1.29, 1.82) is 0 Å². The van der Waals surface area contributed by atoms with E-state index in [4.69, 9.17) is 15.3 Å². The van der Waals surface area contributed by atoms with Gasteiger partial charge < -0.3 is 15.3 Å². The summed E-state index contributed by atoms with van der Waals surface area (Å²) in [6.07, 6.45) is 0. The number of ketones is 1. The molecule has 1 radical (unpaired) electrons. The summed E-state index contributed by atoms with van der Waals surface area (Å²) in [7, 11) is 0. The van der Waals surface area contributed by atoms with Crippen LogP contribution in [0.4, 0.5) is 0 Å². The van der Waals surface area contributed by atoms with Crippen LogP contribution in [-0.4, -0.2) is 137 Å². The maximum atomic E-state index is 11.5. The van der Waals surface area contributed by atoms with Crippen molar-refractivity contribution in [3.63, 3.8) is 0 Å². The molecule has 12 heteroatoms. The molecular formula is C17H30LuN4O7. The predicted octanol–water partition coefficient (Wildman–Crippen LogP) is -1.95. The normalized spacial score (nSPS) is 18.8. The smallest absolute Gasteiger partial charge is 0.317 e. The number of carbonyl (C=O) groups is 4. The second kappa shape index (κ2) is 15.0. The quantitative estimate of drug-likeness (QED) is 0.297. The molecule has 29 heavy (non-hydrogen) atoms. The number of hydrogen-bond acceptors (Lipinski definition) is 8. The van der Waals surface area contributed by atoms with Crippen molar-refractivity contribution in [3.05, 3.63) is 0 Å². The molecule has 1 rings (SSSR count). The van der Waals surface area contributed by atoms with Gasteiger partial charge in [-0.1, -0.05) is 0 Å². The number of hydrogen-bond donors (Lipinski definition) is 3. The molecule has 0 aromatic carbocycles. The molecule has 0 spiro atoms. The topological polar surface area (TPSA) is 142 Å². The van der Waals surface area contributed by atoms with Gasteiger partial charge >= 0.3 is 17.9 Å². The van der Waals surface area contributed by atoms with Crippen LogP contribution < -0.4 is 0 Å². The first-order chi connectivity index (χ1) is 13.2. The Morgan fingerprint density at radius 3 is 0.931 bits per heavy atom. The first-order valence-electron chi connectivity index (χ1n) is 9.20. The predicted molar refractivity (Wildman–Crippen MR) is 99.3 cm³/mol. The van der Waals surface area contributed by atoms with E-state index in [-0.39, 0.29) is 68.8 Å². The van der Waals surface area contributed by atoms with Crippen molar-refractivity contribution >= 4 is 23.7 Å². The maximum absolute atomic E-state index is 11.5. The van der Waals surface area contributed by atoms with Crippen LogP contribution in [0, 0.1) is 36.9 Å². The third kappa shape index (κ3) is 13.9. The zero-order chi connectivity index (χ0) is 21.1. The van der Waals surface area contributed by atoms with Crippen LogP contribution in [0.5, 0.6) is 0 Å². The minimum atomic E-state index is -0.991. The first kappa shape index (κ1) is 28.2. The molecule has 0 aliphatic carbocycles. The average Bonchev–Trinajstić information content (AvgIpc) is 2.55. The third-order valence-corrected chi connectivity index (χ3v) is 4.45. The fourth-order valence-corrected chi connectivity index (χ4v) is 3.10. The van der Waals surface area contributed by atoms with Crippen LogP contribution in [0.2, 0.25) is 0 Å². The second-order valence-corrected chi connectivity index (χ2v) is 6.99. The van der Waals surface area contributed by atoms with Crippen molar-refractivity contribution in [2.45, 2.75) is 6.92 Å². The van der Waals surface area contributed by atoms with Crippen molar-refractivity contribution in [1.82, 2.24) is 19.6 Å². The van der Waals surface area contributed by atoms with Gasteiger partial charge in [0, 0.05) is 89.2 Å². The van der Waals surface area contributed by atoms with Crippen molar-refractivity contribution in [2.24, 2.45) is 0 Å². The summed E-state index contributed by atoms with van der Waals surface area (Å²) in [5, 5.41) is 27.3. The van der Waals surface area contributed by atoms with E-state index in [9.17, 15) is 19.2 Å². The molecule has 1 aliphatic rings. The number of carboxylic acids is 3. The van der Waals surface area contributed by atoms with E-state index in [1.54, 1.807) is 14.7 Å². The molecule has 1 fully saturated rings. The van der Waals surface area contributed by atoms with E-state index in [0.717, 1.165) is 0 Å². The molecule has 0 bridgehead atoms. The Hall–Kier alpha value is -0.846. The molecule has 0 amide bonds. The molecule has 0 atom stereocenters. The van der Waals surface area contributed by atoms with Gasteiger partial charge in [-0.15, -0.1) is 0 Å². The summed E-state index contributed by atoms with van der Waals surface area (Å²) >= 11 is 0. The molecule has 1 saturated heterocycles. The fraction of sp³-hybridized carbons (Fsp3) is 0.765. The van der Waals surface area contributed by atoms with Gasteiger partial charge in [0.15, 0.2) is 0 Å². The van der Waals surface area contributed by atoms with E-state index in [2.05, 4.69) is 0 Å². The van der Waals surface area contributed by atoms with Crippen LogP contribution in [0.15, 0.2) is 0 Å². The largest absolute Gasteiger partial charge is 0.480 e. The van der Waals surface area contributed by atoms with Gasteiger partial charge in [-0.2, -0.15) is 0 Å². The number of carboxylic acid groups (broad SMARTS) is 3. The van der Waals surface area contributed by atoms with E-state index in [1.165, 1.54) is 6.92 Å². The third-order valence-electron chi connectivity index (χ3n) is 4.45. The van der Waals surface area contributed by atoms with Crippen molar-refractivity contribution in [3.8, 4) is 0 Å². The van der Waals surface area contributed by atoms with Crippen LogP contribution in [-0.2, 0) is 19.2 Å².